The van der Waals surface area contributed by atoms with Crippen LogP contribution in [0.15, 0.2) is 53.4 Å². The van der Waals surface area contributed by atoms with Gasteiger partial charge in [0.25, 0.3) is 10.0 Å². The molecule has 2 aromatic rings. The zero-order valence-electron chi connectivity index (χ0n) is 15.8. The number of hydrogen-bond acceptors (Lipinski definition) is 5. The van der Waals surface area contributed by atoms with Gasteiger partial charge in [-0.25, -0.2) is 12.8 Å². The topological polar surface area (TPSA) is 70.1 Å². The molecule has 0 unspecified atom stereocenters. The average Bonchev–Trinajstić information content (AvgIpc) is 2.68. The number of sulfonamides is 1. The largest absolute Gasteiger partial charge is 0.390 e. The van der Waals surface area contributed by atoms with Gasteiger partial charge in [0.05, 0.1) is 36.4 Å². The molecular weight excluding hydrogens is 383 g/mol. The molecule has 1 aliphatic rings. The molecule has 1 N–H and O–H groups in total. The quantitative estimate of drug-likeness (QED) is 0.759. The fraction of sp³-hybridized carbons (Fsp3) is 0.400. The zero-order valence-corrected chi connectivity index (χ0v) is 16.6. The highest BCUT2D eigenvalue weighted by Crippen LogP contribution is 2.25. The fourth-order valence-electron chi connectivity index (χ4n) is 3.12. The van der Waals surface area contributed by atoms with Gasteiger partial charge in [-0.2, -0.15) is 0 Å². The molecule has 0 bridgehead atoms. The van der Waals surface area contributed by atoms with E-state index in [2.05, 4.69) is 0 Å². The molecule has 2 aromatic carbocycles. The minimum atomic E-state index is -3.91. The van der Waals surface area contributed by atoms with Crippen molar-refractivity contribution in [2.45, 2.75) is 17.9 Å². The normalized spacial score (nSPS) is 16.7. The van der Waals surface area contributed by atoms with E-state index in [1.807, 2.05) is 11.8 Å². The van der Waals surface area contributed by atoms with Gasteiger partial charge in [0.15, 0.2) is 0 Å². The van der Waals surface area contributed by atoms with Crippen molar-refractivity contribution >= 4 is 15.7 Å². The van der Waals surface area contributed by atoms with Crippen LogP contribution >= 0.6 is 0 Å². The van der Waals surface area contributed by atoms with E-state index in [-0.39, 0.29) is 11.4 Å². The molecule has 8 heteroatoms. The summed E-state index contributed by atoms with van der Waals surface area (Å²) in [5, 5.41) is 10.6. The summed E-state index contributed by atoms with van der Waals surface area (Å²) < 4.78 is 46.3. The SMILES string of the molecule is Cc1ccc(S(=O)(=O)N(C[C@@H](O)CN2CCOCC2)c2ccc(F)cc2)cc1. The minimum Gasteiger partial charge on any atom is -0.390 e. The summed E-state index contributed by atoms with van der Waals surface area (Å²) in [7, 11) is -3.91. The number of halogens is 1. The van der Waals surface area contributed by atoms with Crippen molar-refractivity contribution in [1.29, 1.82) is 0 Å². The number of benzene rings is 2. The molecular formula is C20H25FN2O4S. The molecule has 1 heterocycles. The fourth-order valence-corrected chi connectivity index (χ4v) is 4.62. The number of aliphatic hydroxyl groups excluding tert-OH is 1. The highest BCUT2D eigenvalue weighted by molar-refractivity contribution is 7.92. The van der Waals surface area contributed by atoms with Gasteiger partial charge in [-0.3, -0.25) is 9.21 Å². The molecule has 152 valence electrons. The lowest BCUT2D eigenvalue weighted by atomic mass is 10.2. The van der Waals surface area contributed by atoms with Gasteiger partial charge in [0.2, 0.25) is 0 Å². The van der Waals surface area contributed by atoms with Gasteiger partial charge >= 0.3 is 0 Å². The first-order chi connectivity index (χ1) is 13.4. The number of ether oxygens (including phenoxy) is 1. The maximum absolute atomic E-state index is 13.3. The van der Waals surface area contributed by atoms with Gasteiger partial charge in [-0.05, 0) is 43.3 Å². The molecule has 28 heavy (non-hydrogen) atoms. The lowest BCUT2D eigenvalue weighted by Gasteiger charge is -2.31. The lowest BCUT2D eigenvalue weighted by Crippen LogP contribution is -2.46. The van der Waals surface area contributed by atoms with E-state index in [0.29, 0.717) is 38.5 Å². The number of morpholine rings is 1. The van der Waals surface area contributed by atoms with Crippen molar-refractivity contribution in [3.05, 3.63) is 59.9 Å². The molecule has 3 rings (SSSR count). The molecule has 0 amide bonds. The Bertz CT molecular complexity index is 866. The maximum atomic E-state index is 13.3. The van der Waals surface area contributed by atoms with Crippen LogP contribution in [-0.4, -0.2) is 63.9 Å². The van der Waals surface area contributed by atoms with Crippen LogP contribution in [0.3, 0.4) is 0 Å². The molecule has 1 aliphatic heterocycles. The van der Waals surface area contributed by atoms with Crippen LogP contribution in [0.2, 0.25) is 0 Å². The van der Waals surface area contributed by atoms with E-state index < -0.39 is 21.9 Å². The van der Waals surface area contributed by atoms with E-state index >= 15 is 0 Å². The first-order valence-electron chi connectivity index (χ1n) is 9.19. The Hall–Kier alpha value is -2.00. The van der Waals surface area contributed by atoms with E-state index in [1.165, 1.54) is 36.4 Å². The summed E-state index contributed by atoms with van der Waals surface area (Å²) in [5.74, 6) is -0.453. The summed E-state index contributed by atoms with van der Waals surface area (Å²) in [5.41, 5.74) is 1.25. The molecule has 0 aliphatic carbocycles. The molecule has 0 saturated carbocycles. The van der Waals surface area contributed by atoms with Gasteiger partial charge in [0, 0.05) is 19.6 Å². The van der Waals surface area contributed by atoms with Crippen LogP contribution in [0.4, 0.5) is 10.1 Å². The third kappa shape index (κ3) is 5.08. The second-order valence-electron chi connectivity index (χ2n) is 6.89. The smallest absolute Gasteiger partial charge is 0.264 e. The van der Waals surface area contributed by atoms with Gasteiger partial charge in [-0.1, -0.05) is 17.7 Å². The highest BCUT2D eigenvalue weighted by atomic mass is 32.2. The highest BCUT2D eigenvalue weighted by Gasteiger charge is 2.28. The van der Waals surface area contributed by atoms with E-state index in [9.17, 15) is 17.9 Å². The number of nitrogens with zero attached hydrogens (tertiary/aromatic N) is 2. The van der Waals surface area contributed by atoms with Crippen molar-refractivity contribution in [2.75, 3.05) is 43.7 Å². The molecule has 6 nitrogen and oxygen atoms in total. The van der Waals surface area contributed by atoms with Crippen molar-refractivity contribution in [1.82, 2.24) is 4.90 Å². The Morgan fingerprint density at radius 2 is 1.71 bits per heavy atom. The van der Waals surface area contributed by atoms with Gasteiger partial charge < -0.3 is 9.84 Å². The van der Waals surface area contributed by atoms with Crippen molar-refractivity contribution in [3.8, 4) is 0 Å². The zero-order chi connectivity index (χ0) is 20.1. The third-order valence-electron chi connectivity index (χ3n) is 4.67. The van der Waals surface area contributed by atoms with Crippen molar-refractivity contribution in [2.24, 2.45) is 0 Å². The first-order valence-corrected chi connectivity index (χ1v) is 10.6. The monoisotopic (exact) mass is 408 g/mol. The number of β-amino-alcohol motifs (C(OH)–C–C–N with tert-alkyl or cyclic N) is 1. The van der Waals surface area contributed by atoms with Crippen LogP contribution in [0.5, 0.6) is 0 Å². The number of aliphatic hydroxyl groups is 1. The predicted octanol–water partition coefficient (Wildman–Crippen LogP) is 2.02. The number of anilines is 1. The van der Waals surface area contributed by atoms with Crippen LogP contribution in [0.25, 0.3) is 0 Å². The lowest BCUT2D eigenvalue weighted by molar-refractivity contribution is 0.0166. The summed E-state index contributed by atoms with van der Waals surface area (Å²) in [6.45, 7) is 4.66. The molecule has 1 atom stereocenters. The number of aryl methyl sites for hydroxylation is 1. The molecule has 0 aromatic heterocycles. The minimum absolute atomic E-state index is 0.126. The second kappa shape index (κ2) is 9.00. The molecule has 1 saturated heterocycles. The van der Waals surface area contributed by atoms with Crippen LogP contribution in [0, 0.1) is 12.7 Å². The van der Waals surface area contributed by atoms with Gasteiger partial charge in [-0.15, -0.1) is 0 Å². The van der Waals surface area contributed by atoms with Gasteiger partial charge in [0.1, 0.15) is 5.82 Å². The number of hydrogen-bond donors (Lipinski definition) is 1. The standard InChI is InChI=1S/C20H25FN2O4S/c1-16-2-8-20(9-3-16)28(25,26)23(18-6-4-17(21)5-7-18)15-19(24)14-22-10-12-27-13-11-22/h2-9,19,24H,10-15H2,1H3/t19-/m0/s1. The summed E-state index contributed by atoms with van der Waals surface area (Å²) in [6, 6.07) is 11.7. The summed E-state index contributed by atoms with van der Waals surface area (Å²) >= 11 is 0. The Labute approximate surface area is 165 Å². The Balaban J connectivity index is 1.86. The van der Waals surface area contributed by atoms with E-state index in [4.69, 9.17) is 4.74 Å². The maximum Gasteiger partial charge on any atom is 0.264 e. The van der Waals surface area contributed by atoms with Crippen molar-refractivity contribution < 1.29 is 22.7 Å². The Kier molecular flexibility index (Phi) is 6.66. The summed E-state index contributed by atoms with van der Waals surface area (Å²) in [6.07, 6.45) is -0.900. The first kappa shape index (κ1) is 20.7. The molecule has 0 radical (unpaired) electrons. The third-order valence-corrected chi connectivity index (χ3v) is 6.48. The number of rotatable bonds is 7. The second-order valence-corrected chi connectivity index (χ2v) is 8.75. The van der Waals surface area contributed by atoms with E-state index in [0.717, 1.165) is 9.87 Å². The molecule has 1 fully saturated rings. The Morgan fingerprint density at radius 3 is 2.32 bits per heavy atom. The predicted molar refractivity (Wildman–Crippen MR) is 105 cm³/mol. The summed E-state index contributed by atoms with van der Waals surface area (Å²) in [4.78, 5) is 2.16. The van der Waals surface area contributed by atoms with Crippen LogP contribution < -0.4 is 4.31 Å². The average molecular weight is 408 g/mol. The molecule has 0 spiro atoms. The van der Waals surface area contributed by atoms with Crippen LogP contribution in [0.1, 0.15) is 5.56 Å². The Morgan fingerprint density at radius 1 is 1.11 bits per heavy atom. The van der Waals surface area contributed by atoms with E-state index in [1.54, 1.807) is 12.1 Å². The van der Waals surface area contributed by atoms with Crippen LogP contribution in [-0.2, 0) is 14.8 Å². The van der Waals surface area contributed by atoms with Crippen molar-refractivity contribution in [3.63, 3.8) is 0 Å².